The quantitative estimate of drug-likeness (QED) is 0.0665. The van der Waals surface area contributed by atoms with E-state index in [1.54, 1.807) is 34.0 Å². The van der Waals surface area contributed by atoms with Crippen LogP contribution in [0.3, 0.4) is 0 Å². The minimum Gasteiger partial charge on any atom is -0.261 e. The fraction of sp³-hybridized carbons (Fsp3) is 0.321. The Morgan fingerprint density at radius 1 is 0.458 bits per heavy atom. The second-order valence-corrected chi connectivity index (χ2v) is 32.9. The number of benzene rings is 8. The van der Waals surface area contributed by atoms with Gasteiger partial charge in [0.15, 0.2) is 0 Å². The molecule has 3 aromatic heterocycles. The fourth-order valence-corrected chi connectivity index (χ4v) is 15.5. The van der Waals surface area contributed by atoms with Crippen LogP contribution in [0.2, 0.25) is 0 Å². The molecule has 496 valence electrons. The molecule has 8 aromatic carbocycles. The van der Waals surface area contributed by atoms with Crippen LogP contribution in [0.25, 0.3) is 41.6 Å². The van der Waals surface area contributed by atoms with Gasteiger partial charge in [-0.2, -0.15) is 15.3 Å². The van der Waals surface area contributed by atoms with Crippen molar-refractivity contribution in [1.82, 2.24) is 9.97 Å². The second-order valence-electron chi connectivity index (χ2n) is 28.6. The number of nitrogens with one attached hydrogen (secondary N) is 1. The predicted molar refractivity (Wildman–Crippen MR) is 425 cm³/mol. The van der Waals surface area contributed by atoms with Crippen molar-refractivity contribution < 1.29 is 0 Å². The van der Waals surface area contributed by atoms with Crippen LogP contribution >= 0.6 is 46.2 Å². The van der Waals surface area contributed by atoms with E-state index in [1.165, 1.54) is 75.3 Å². The summed E-state index contributed by atoms with van der Waals surface area (Å²) >= 11 is 10.5. The fourth-order valence-electron chi connectivity index (χ4n) is 11.6. The number of fused-ring (bicyclic) bond motifs is 6. The second kappa shape index (κ2) is 31.8. The maximum Gasteiger partial charge on any atom is 0.206 e. The highest BCUT2D eigenvalue weighted by atomic mass is 32.2. The standard InChI is InChI=1S/C28H30N2.C22H25N3.C21H25N3S.C13H16S3/c1-27(2,3)20-15-16-25(28(4,5)6)19(17-20)18-29-30-26-23-13-9-7-11-21(23)22-12-8-10-14-24(22)26;1-15(2)18-9-11-20(16(3)4)19(13-18)14-23-25-22-12-10-17-7-5-6-8-21(17)24-22;1-14(2)16-10-11-18(15(3)4)17(12-16)13-22-24(5)21-23-19-8-6-7-9-20(19)25-21;1-7(2)9-5-6-10(8(3)4)12-11(9)15-13(14)16-12/h7-18H,1-6H3;5-16H,1-4H3,(H,24,25);6-15H,1-5H3;5-8H,1-4H3/b29-18+;23-14+;22-13+;. The van der Waals surface area contributed by atoms with Gasteiger partial charge in [-0.25, -0.2) is 15.0 Å². The molecular weight excluding hydrogens is 1250 g/mol. The SMILES string of the molecule is CC(C)(C)c1ccc(C(C)(C)C)c(/C=N/N=C2c3ccccc3-c3ccccc32)c1.CC(C)c1ccc(C(C)C)c(/C=N/N(C)c2nc3ccccc3s2)c1.CC(C)c1ccc(C(C)C)c(/C=N/Nc2ccc3ccccc3n2)c1.CC(C)c1ccc(C(C)C)c2sc(=S)sc12. The van der Waals surface area contributed by atoms with Crippen molar-refractivity contribution in [2.45, 2.75) is 171 Å². The van der Waals surface area contributed by atoms with Crippen molar-refractivity contribution in [3.05, 3.63) is 251 Å². The molecular formula is C84H96N8S4. The van der Waals surface area contributed by atoms with Crippen LogP contribution in [0.15, 0.2) is 196 Å². The lowest BCUT2D eigenvalue weighted by molar-refractivity contribution is 0.576. The highest BCUT2D eigenvalue weighted by Crippen LogP contribution is 2.40. The highest BCUT2D eigenvalue weighted by Gasteiger charge is 2.25. The van der Waals surface area contributed by atoms with E-state index in [0.717, 1.165) is 58.5 Å². The van der Waals surface area contributed by atoms with Crippen molar-refractivity contribution >= 4 is 112 Å². The van der Waals surface area contributed by atoms with Crippen LogP contribution in [0, 0.1) is 3.14 Å². The number of hydrogen-bond acceptors (Lipinski definition) is 12. The minimum atomic E-state index is 0.0392. The number of pyridine rings is 1. The van der Waals surface area contributed by atoms with E-state index in [2.05, 4.69) is 289 Å². The molecule has 1 aliphatic rings. The summed E-state index contributed by atoms with van der Waals surface area (Å²) < 4.78 is 5.06. The number of anilines is 2. The van der Waals surface area contributed by atoms with Gasteiger partial charge in [0.05, 0.1) is 43.8 Å². The van der Waals surface area contributed by atoms with Crippen LogP contribution in [-0.2, 0) is 10.8 Å². The van der Waals surface area contributed by atoms with E-state index in [0.29, 0.717) is 35.5 Å². The third-order valence-electron chi connectivity index (χ3n) is 17.2. The molecule has 8 nitrogen and oxygen atoms in total. The normalized spacial score (nSPS) is 12.4. The van der Waals surface area contributed by atoms with Crippen molar-refractivity contribution in [3.8, 4) is 11.1 Å². The number of rotatable bonds is 14. The van der Waals surface area contributed by atoms with Gasteiger partial charge in [0.2, 0.25) is 5.13 Å². The summed E-state index contributed by atoms with van der Waals surface area (Å²) in [5.41, 5.74) is 25.1. The van der Waals surface area contributed by atoms with Gasteiger partial charge in [-0.15, -0.1) is 27.8 Å². The average molecular weight is 1350 g/mol. The summed E-state index contributed by atoms with van der Waals surface area (Å²) in [7, 11) is 1.95. The van der Waals surface area contributed by atoms with Crippen LogP contribution < -0.4 is 10.4 Å². The Labute approximate surface area is 589 Å². The van der Waals surface area contributed by atoms with E-state index in [9.17, 15) is 0 Å². The van der Waals surface area contributed by atoms with E-state index >= 15 is 0 Å². The first-order chi connectivity index (χ1) is 45.7. The molecule has 0 saturated heterocycles. The molecule has 0 atom stereocenters. The number of thiazole rings is 1. The summed E-state index contributed by atoms with van der Waals surface area (Å²) in [6, 6.07) is 61.8. The Hall–Kier alpha value is -8.13. The van der Waals surface area contributed by atoms with Gasteiger partial charge in [-0.3, -0.25) is 5.43 Å². The average Bonchev–Trinajstić information content (AvgIpc) is 1.61. The van der Waals surface area contributed by atoms with Crippen molar-refractivity contribution in [3.63, 3.8) is 0 Å². The van der Waals surface area contributed by atoms with Gasteiger partial charge in [-0.1, -0.05) is 276 Å². The first kappa shape index (κ1) is 72.1. The van der Waals surface area contributed by atoms with Crippen LogP contribution in [0.5, 0.6) is 0 Å². The number of hydrogen-bond donors (Lipinski definition) is 1. The maximum atomic E-state index is 5.34. The Bertz CT molecular complexity index is 4540. The van der Waals surface area contributed by atoms with Gasteiger partial charge in [0.1, 0.15) is 14.7 Å². The molecule has 1 aliphatic carbocycles. The van der Waals surface area contributed by atoms with E-state index in [-0.39, 0.29) is 10.8 Å². The zero-order chi connectivity index (χ0) is 69.2. The van der Waals surface area contributed by atoms with E-state index in [4.69, 9.17) is 17.3 Å². The molecule has 0 saturated carbocycles. The van der Waals surface area contributed by atoms with E-state index in [1.807, 2.05) is 73.2 Å². The molecule has 12 rings (SSSR count). The van der Waals surface area contributed by atoms with Crippen LogP contribution in [-0.4, -0.2) is 41.4 Å². The summed E-state index contributed by atoms with van der Waals surface area (Å²) in [6.07, 6.45) is 5.79. The Morgan fingerprint density at radius 2 is 0.958 bits per heavy atom. The first-order valence-corrected chi connectivity index (χ1v) is 36.6. The minimum absolute atomic E-state index is 0.0392. The van der Waals surface area contributed by atoms with Gasteiger partial charge in [0, 0.05) is 23.6 Å². The molecule has 0 spiro atoms. The lowest BCUT2D eigenvalue weighted by Crippen LogP contribution is -2.17. The van der Waals surface area contributed by atoms with Crippen molar-refractivity contribution in [2.24, 2.45) is 20.4 Å². The first-order valence-electron chi connectivity index (χ1n) is 33.7. The molecule has 96 heavy (non-hydrogen) atoms. The molecule has 12 heteroatoms. The molecule has 1 N–H and O–H groups in total. The van der Waals surface area contributed by atoms with Gasteiger partial charge >= 0.3 is 0 Å². The Kier molecular flexibility index (Phi) is 23.9. The smallest absolute Gasteiger partial charge is 0.206 e. The van der Waals surface area contributed by atoms with E-state index < -0.39 is 0 Å². The zero-order valence-electron chi connectivity index (χ0n) is 59.7. The highest BCUT2D eigenvalue weighted by molar-refractivity contribution is 7.77. The molecule has 0 fully saturated rings. The van der Waals surface area contributed by atoms with Crippen LogP contribution in [0.1, 0.15) is 232 Å². The number of hydrazone groups is 2. The summed E-state index contributed by atoms with van der Waals surface area (Å²) in [6.45, 7) is 40.2. The molecule has 0 amide bonds. The number of aromatic nitrogens is 2. The summed E-state index contributed by atoms with van der Waals surface area (Å²) in [5, 5.41) is 22.3. The van der Waals surface area contributed by atoms with Crippen molar-refractivity contribution in [1.29, 1.82) is 0 Å². The summed E-state index contributed by atoms with van der Waals surface area (Å²) in [4.78, 5) is 9.24. The van der Waals surface area contributed by atoms with Crippen molar-refractivity contribution in [2.75, 3.05) is 17.5 Å². The van der Waals surface area contributed by atoms with Gasteiger partial charge in [-0.05, 0) is 167 Å². The molecule has 0 radical (unpaired) electrons. The number of nitrogens with zero attached hydrogens (tertiary/aromatic N) is 7. The molecule has 0 aliphatic heterocycles. The van der Waals surface area contributed by atoms with Gasteiger partial charge < -0.3 is 0 Å². The maximum absolute atomic E-state index is 5.34. The monoisotopic (exact) mass is 1340 g/mol. The molecule has 0 bridgehead atoms. The summed E-state index contributed by atoms with van der Waals surface area (Å²) in [5.74, 6) is 3.84. The molecule has 0 unspecified atom stereocenters. The third kappa shape index (κ3) is 17.9. The lowest BCUT2D eigenvalue weighted by Gasteiger charge is -2.25. The number of para-hydroxylation sites is 2. The topological polar surface area (TPSA) is 90.5 Å². The Morgan fingerprint density at radius 3 is 1.48 bits per heavy atom. The largest absolute Gasteiger partial charge is 0.261 e. The molecule has 11 aromatic rings. The lowest BCUT2D eigenvalue weighted by atomic mass is 9.79. The third-order valence-corrected chi connectivity index (χ3v) is 21.1. The predicted octanol–water partition coefficient (Wildman–Crippen LogP) is 25.0. The zero-order valence-corrected chi connectivity index (χ0v) is 63.0. The Balaban J connectivity index is 0.000000153. The molecule has 3 heterocycles. The van der Waals surface area contributed by atoms with Gasteiger partial charge in [0.25, 0.3) is 0 Å². The van der Waals surface area contributed by atoms with Crippen LogP contribution in [0.4, 0.5) is 10.9 Å².